The van der Waals surface area contributed by atoms with E-state index in [9.17, 15) is 30.4 Å². The summed E-state index contributed by atoms with van der Waals surface area (Å²) in [5.74, 6) is -2.64. The Hall–Kier alpha value is -2.17. The van der Waals surface area contributed by atoms with Crippen LogP contribution in [0.2, 0.25) is 10.0 Å². The van der Waals surface area contributed by atoms with Crippen molar-refractivity contribution in [3.8, 4) is 16.9 Å². The number of benzene rings is 2. The number of hydrogen-bond acceptors (Lipinski definition) is 3. The summed E-state index contributed by atoms with van der Waals surface area (Å²) in [6.45, 7) is 0. The topological polar surface area (TPSA) is 52.0 Å². The van der Waals surface area contributed by atoms with E-state index in [0.717, 1.165) is 0 Å². The zero-order chi connectivity index (χ0) is 21.7. The summed E-state index contributed by atoms with van der Waals surface area (Å²) in [7, 11) is -4.11. The minimum absolute atomic E-state index is 0.0532. The van der Waals surface area contributed by atoms with Crippen molar-refractivity contribution in [1.29, 1.82) is 0 Å². The van der Waals surface area contributed by atoms with Gasteiger partial charge in [0.1, 0.15) is 22.2 Å². The molecule has 0 spiro atoms. The molecule has 0 aliphatic carbocycles. The van der Waals surface area contributed by atoms with Crippen LogP contribution in [0.5, 0.6) is 0 Å². The Kier molecular flexibility index (Phi) is 5.39. The van der Waals surface area contributed by atoms with Gasteiger partial charge < -0.3 is 0 Å². The van der Waals surface area contributed by atoms with Gasteiger partial charge in [0.15, 0.2) is 15.5 Å². The van der Waals surface area contributed by atoms with Gasteiger partial charge >= 0.3 is 6.18 Å². The van der Waals surface area contributed by atoms with Gasteiger partial charge in [0.25, 0.3) is 0 Å². The molecular formula is C17H9Cl2F5N2O2S. The van der Waals surface area contributed by atoms with Crippen LogP contribution in [-0.2, 0) is 16.0 Å². The Balaban J connectivity index is 2.32. The molecule has 0 atom stereocenters. The predicted octanol–water partition coefficient (Wildman–Crippen LogP) is 5.55. The lowest BCUT2D eigenvalue weighted by molar-refractivity contribution is -0.141. The third-order valence-electron chi connectivity index (χ3n) is 3.79. The van der Waals surface area contributed by atoms with Gasteiger partial charge in [-0.2, -0.15) is 18.3 Å². The number of nitrogens with zero attached hydrogens (tertiary/aromatic N) is 2. The van der Waals surface area contributed by atoms with E-state index < -0.39 is 43.9 Å². The smallest absolute Gasteiger partial charge is 0.229 e. The molecule has 154 valence electrons. The molecule has 3 aromatic rings. The average Bonchev–Trinajstić information content (AvgIpc) is 3.00. The zero-order valence-corrected chi connectivity index (χ0v) is 16.6. The number of sulfone groups is 1. The van der Waals surface area contributed by atoms with E-state index in [1.165, 1.54) is 18.2 Å². The SMILES string of the molecule is CS(=O)(=O)c1cc(F)c(-n2nc(C(F)(F)F)cc2-c2cc(Cl)cc(Cl)c2)cc1F. The number of rotatable bonds is 3. The van der Waals surface area contributed by atoms with Gasteiger partial charge in [-0.1, -0.05) is 23.2 Å². The van der Waals surface area contributed by atoms with Crippen LogP contribution in [-0.4, -0.2) is 24.5 Å². The lowest BCUT2D eigenvalue weighted by Crippen LogP contribution is -2.10. The first-order chi connectivity index (χ1) is 13.3. The van der Waals surface area contributed by atoms with E-state index in [-0.39, 0.29) is 21.3 Å². The maximum absolute atomic E-state index is 14.6. The molecule has 12 heteroatoms. The van der Waals surface area contributed by atoms with E-state index in [1.807, 2.05) is 0 Å². The van der Waals surface area contributed by atoms with E-state index in [1.54, 1.807) is 0 Å². The van der Waals surface area contributed by atoms with E-state index in [4.69, 9.17) is 23.2 Å². The Labute approximate surface area is 171 Å². The van der Waals surface area contributed by atoms with Crippen LogP contribution < -0.4 is 0 Å². The molecular weight excluding hydrogens is 462 g/mol. The van der Waals surface area contributed by atoms with Crippen molar-refractivity contribution in [3.63, 3.8) is 0 Å². The van der Waals surface area contributed by atoms with Gasteiger partial charge in [0, 0.05) is 27.9 Å². The molecule has 29 heavy (non-hydrogen) atoms. The molecule has 3 rings (SSSR count). The summed E-state index contributed by atoms with van der Waals surface area (Å²) in [4.78, 5) is -0.936. The van der Waals surface area contributed by atoms with Crippen LogP contribution in [0.15, 0.2) is 41.3 Å². The molecule has 0 N–H and O–H groups in total. The molecule has 0 fully saturated rings. The Morgan fingerprint density at radius 1 is 0.931 bits per heavy atom. The van der Waals surface area contributed by atoms with Crippen LogP contribution in [0.1, 0.15) is 5.69 Å². The molecule has 0 saturated heterocycles. The second-order valence-electron chi connectivity index (χ2n) is 5.99. The highest BCUT2D eigenvalue weighted by Gasteiger charge is 2.36. The lowest BCUT2D eigenvalue weighted by atomic mass is 10.1. The highest BCUT2D eigenvalue weighted by molar-refractivity contribution is 7.90. The fraction of sp³-hybridized carbons (Fsp3) is 0.118. The molecule has 1 heterocycles. The van der Waals surface area contributed by atoms with Gasteiger partial charge in [0.05, 0.1) is 5.69 Å². The van der Waals surface area contributed by atoms with E-state index in [2.05, 4.69) is 5.10 Å². The molecule has 1 aromatic heterocycles. The third kappa shape index (κ3) is 4.39. The largest absolute Gasteiger partial charge is 0.435 e. The third-order valence-corrected chi connectivity index (χ3v) is 5.34. The van der Waals surface area contributed by atoms with Crippen LogP contribution >= 0.6 is 23.2 Å². The van der Waals surface area contributed by atoms with Crippen molar-refractivity contribution < 1.29 is 30.4 Å². The van der Waals surface area contributed by atoms with Crippen molar-refractivity contribution in [2.75, 3.05) is 6.26 Å². The van der Waals surface area contributed by atoms with Crippen molar-refractivity contribution in [2.24, 2.45) is 0 Å². The summed E-state index contributed by atoms with van der Waals surface area (Å²) in [5.41, 5.74) is -2.34. The summed E-state index contributed by atoms with van der Waals surface area (Å²) in [6.07, 6.45) is -4.22. The maximum Gasteiger partial charge on any atom is 0.435 e. The van der Waals surface area contributed by atoms with E-state index in [0.29, 0.717) is 29.1 Å². The minimum Gasteiger partial charge on any atom is -0.229 e. The lowest BCUT2D eigenvalue weighted by Gasteiger charge is -2.11. The first-order valence-corrected chi connectivity index (χ1v) is 10.3. The maximum atomic E-state index is 14.6. The quantitative estimate of drug-likeness (QED) is 0.471. The van der Waals surface area contributed by atoms with Crippen LogP contribution in [0.25, 0.3) is 16.9 Å². The highest BCUT2D eigenvalue weighted by Crippen LogP contribution is 2.36. The molecule has 0 saturated carbocycles. The zero-order valence-electron chi connectivity index (χ0n) is 14.2. The normalized spacial score (nSPS) is 12.4. The number of alkyl halides is 3. The summed E-state index contributed by atoms with van der Waals surface area (Å²) in [6, 6.07) is 5.31. The monoisotopic (exact) mass is 470 g/mol. The Morgan fingerprint density at radius 2 is 1.52 bits per heavy atom. The van der Waals surface area contributed by atoms with Crippen molar-refractivity contribution in [2.45, 2.75) is 11.1 Å². The second kappa shape index (κ2) is 7.26. The van der Waals surface area contributed by atoms with Crippen LogP contribution in [0.3, 0.4) is 0 Å². The van der Waals surface area contributed by atoms with E-state index >= 15 is 0 Å². The van der Waals surface area contributed by atoms with Crippen molar-refractivity contribution in [1.82, 2.24) is 9.78 Å². The number of halogens is 7. The molecule has 0 amide bonds. The molecule has 0 aliphatic heterocycles. The Bertz CT molecular complexity index is 1200. The Morgan fingerprint density at radius 3 is 2.03 bits per heavy atom. The van der Waals surface area contributed by atoms with Gasteiger partial charge in [-0.3, -0.25) is 0 Å². The fourth-order valence-electron chi connectivity index (χ4n) is 2.58. The molecule has 2 aromatic carbocycles. The molecule has 0 bridgehead atoms. The molecule has 4 nitrogen and oxygen atoms in total. The fourth-order valence-corrected chi connectivity index (χ4v) is 3.83. The average molecular weight is 471 g/mol. The number of aromatic nitrogens is 2. The summed E-state index contributed by atoms with van der Waals surface area (Å²) < 4.78 is 92.0. The first-order valence-electron chi connectivity index (χ1n) is 7.60. The summed E-state index contributed by atoms with van der Waals surface area (Å²) >= 11 is 11.8. The molecule has 0 unspecified atom stereocenters. The van der Waals surface area contributed by atoms with Crippen molar-refractivity contribution >= 4 is 33.0 Å². The van der Waals surface area contributed by atoms with Crippen LogP contribution in [0, 0.1) is 11.6 Å². The standard InChI is InChI=1S/C17H9Cl2F5N2O2S/c1-29(27,28)15-6-11(20)14(5-12(15)21)26-13(7-16(25-26)17(22,23)24)8-2-9(18)4-10(19)3-8/h2-7H,1H3. The second-order valence-corrected chi connectivity index (χ2v) is 8.85. The van der Waals surface area contributed by atoms with Crippen molar-refractivity contribution in [3.05, 3.63) is 63.8 Å². The molecule has 0 radical (unpaired) electrons. The minimum atomic E-state index is -4.88. The first kappa shape index (κ1) is 21.5. The number of hydrogen-bond donors (Lipinski definition) is 0. The summed E-state index contributed by atoms with van der Waals surface area (Å²) in [5, 5.41) is 3.51. The highest BCUT2D eigenvalue weighted by atomic mass is 35.5. The van der Waals surface area contributed by atoms with Gasteiger partial charge in [-0.15, -0.1) is 0 Å². The van der Waals surface area contributed by atoms with Gasteiger partial charge in [-0.25, -0.2) is 21.9 Å². The van der Waals surface area contributed by atoms with Gasteiger partial charge in [0.2, 0.25) is 0 Å². The predicted molar refractivity (Wildman–Crippen MR) is 97.0 cm³/mol. The van der Waals surface area contributed by atoms with Gasteiger partial charge in [-0.05, 0) is 30.3 Å². The van der Waals surface area contributed by atoms with Crippen LogP contribution in [0.4, 0.5) is 22.0 Å². The molecule has 0 aliphatic rings.